The predicted octanol–water partition coefficient (Wildman–Crippen LogP) is 14.0. The monoisotopic (exact) mass is 742 g/mol. The van der Waals surface area contributed by atoms with Gasteiger partial charge >= 0.3 is 0 Å². The molecule has 12 aromatic rings. The van der Waals surface area contributed by atoms with Gasteiger partial charge in [0, 0.05) is 64.7 Å². The lowest BCUT2D eigenvalue weighted by molar-refractivity contribution is 0.994. The molecular formula is C52H30N4S. The van der Waals surface area contributed by atoms with Crippen molar-refractivity contribution in [3.8, 4) is 56.3 Å². The quantitative estimate of drug-likeness (QED) is 0.177. The molecular weight excluding hydrogens is 713 g/mol. The van der Waals surface area contributed by atoms with Crippen LogP contribution in [-0.4, -0.2) is 19.1 Å². The van der Waals surface area contributed by atoms with Gasteiger partial charge in [-0.15, -0.1) is 11.3 Å². The third kappa shape index (κ3) is 4.26. The Balaban J connectivity index is 1.10. The highest BCUT2D eigenvalue weighted by atomic mass is 32.1. The maximum Gasteiger partial charge on any atom is 0.235 e. The van der Waals surface area contributed by atoms with Crippen molar-refractivity contribution < 1.29 is 0 Å². The van der Waals surface area contributed by atoms with E-state index in [9.17, 15) is 0 Å². The van der Waals surface area contributed by atoms with Gasteiger partial charge in [-0.2, -0.15) is 0 Å². The van der Waals surface area contributed by atoms with E-state index in [0.29, 0.717) is 5.95 Å². The first-order chi connectivity index (χ1) is 28.3. The molecule has 4 nitrogen and oxygen atoms in total. The molecule has 0 unspecified atom stereocenters. The van der Waals surface area contributed by atoms with Crippen LogP contribution in [0.25, 0.3) is 120 Å². The minimum absolute atomic E-state index is 0.652. The van der Waals surface area contributed by atoms with Gasteiger partial charge < -0.3 is 4.57 Å². The first-order valence-electron chi connectivity index (χ1n) is 19.3. The Hall–Kier alpha value is -7.34. The van der Waals surface area contributed by atoms with E-state index in [0.717, 1.165) is 39.1 Å². The molecule has 0 fully saturated rings. The average molecular weight is 743 g/mol. The number of rotatable bonds is 2. The molecule has 0 spiro atoms. The van der Waals surface area contributed by atoms with Crippen LogP contribution in [0.1, 0.15) is 0 Å². The van der Waals surface area contributed by atoms with Crippen molar-refractivity contribution in [3.05, 3.63) is 182 Å². The van der Waals surface area contributed by atoms with Crippen molar-refractivity contribution >= 4 is 75.1 Å². The number of nitrogens with zero attached hydrogens (tertiary/aromatic N) is 4. The molecule has 0 atom stereocenters. The number of benzene rings is 8. The second-order valence-electron chi connectivity index (χ2n) is 14.9. The lowest BCUT2D eigenvalue weighted by Crippen LogP contribution is -2.05. The molecule has 5 heteroatoms. The first-order valence-corrected chi connectivity index (χ1v) is 20.1. The van der Waals surface area contributed by atoms with Crippen molar-refractivity contribution in [2.75, 3.05) is 0 Å². The zero-order valence-electron chi connectivity index (χ0n) is 30.5. The number of hydrogen-bond donors (Lipinski definition) is 0. The minimum Gasteiger partial charge on any atom is -0.309 e. The summed E-state index contributed by atoms with van der Waals surface area (Å²) in [5, 5.41) is 7.43. The van der Waals surface area contributed by atoms with Gasteiger partial charge in [0.25, 0.3) is 0 Å². The van der Waals surface area contributed by atoms with Gasteiger partial charge in [-0.3, -0.25) is 4.57 Å². The van der Waals surface area contributed by atoms with Crippen LogP contribution in [0.5, 0.6) is 0 Å². The van der Waals surface area contributed by atoms with E-state index in [2.05, 4.69) is 185 Å². The van der Waals surface area contributed by atoms with Gasteiger partial charge in [0.1, 0.15) is 0 Å². The Morgan fingerprint density at radius 3 is 1.53 bits per heavy atom. The van der Waals surface area contributed by atoms with Crippen LogP contribution in [0.15, 0.2) is 182 Å². The summed E-state index contributed by atoms with van der Waals surface area (Å²) in [6, 6.07) is 63.8. The summed E-state index contributed by atoms with van der Waals surface area (Å²) in [7, 11) is 0. The van der Waals surface area contributed by atoms with Gasteiger partial charge in [-0.05, 0) is 76.3 Å². The fourth-order valence-corrected chi connectivity index (χ4v) is 10.7. The van der Waals surface area contributed by atoms with Crippen molar-refractivity contribution in [3.63, 3.8) is 0 Å². The topological polar surface area (TPSA) is 35.6 Å². The summed E-state index contributed by atoms with van der Waals surface area (Å²) in [4.78, 5) is 10.8. The van der Waals surface area contributed by atoms with Gasteiger partial charge in [0.15, 0.2) is 0 Å². The standard InChI is InChI=1S/C52H30N4S/c1-2-14-33-32(13-1)34-15-3-4-17-36(34)42-30-53-52(54-51(42)38-19-6-5-16-35(33)38)56-44-23-11-8-21-40(44)50-46(56)27-26-45-49(50)39-20-7-10-22-43(39)55(45)31-25-28-48-41(29-31)37-18-9-12-24-47(37)57-48/h1-30H. The number of aromatic nitrogens is 4. The Morgan fingerprint density at radius 2 is 0.860 bits per heavy atom. The highest BCUT2D eigenvalue weighted by Gasteiger charge is 2.26. The Morgan fingerprint density at radius 1 is 0.368 bits per heavy atom. The van der Waals surface area contributed by atoms with Crippen LogP contribution in [0, 0.1) is 0 Å². The lowest BCUT2D eigenvalue weighted by atomic mass is 9.83. The number of fused-ring (bicyclic) bond motifs is 18. The van der Waals surface area contributed by atoms with Crippen LogP contribution in [-0.2, 0) is 0 Å². The van der Waals surface area contributed by atoms with Gasteiger partial charge in [-0.1, -0.05) is 127 Å². The molecule has 0 saturated heterocycles. The Kier molecular flexibility index (Phi) is 6.29. The van der Waals surface area contributed by atoms with E-state index >= 15 is 0 Å². The summed E-state index contributed by atoms with van der Waals surface area (Å²) in [6.45, 7) is 0. The molecule has 0 radical (unpaired) electrons. The van der Waals surface area contributed by atoms with Gasteiger partial charge in [0.2, 0.25) is 5.95 Å². The molecule has 4 aromatic heterocycles. The van der Waals surface area contributed by atoms with E-state index in [1.165, 1.54) is 75.0 Å². The molecule has 57 heavy (non-hydrogen) atoms. The second-order valence-corrected chi connectivity index (χ2v) is 16.0. The van der Waals surface area contributed by atoms with Crippen molar-refractivity contribution in [1.82, 2.24) is 19.1 Å². The molecule has 0 N–H and O–H groups in total. The maximum absolute atomic E-state index is 5.56. The van der Waals surface area contributed by atoms with Crippen LogP contribution in [0.3, 0.4) is 0 Å². The van der Waals surface area contributed by atoms with Crippen molar-refractivity contribution in [1.29, 1.82) is 0 Å². The number of hydrogen-bond acceptors (Lipinski definition) is 3. The van der Waals surface area contributed by atoms with Crippen LogP contribution in [0.4, 0.5) is 0 Å². The van der Waals surface area contributed by atoms with E-state index in [1.54, 1.807) is 0 Å². The highest BCUT2D eigenvalue weighted by Crippen LogP contribution is 2.48. The zero-order valence-corrected chi connectivity index (χ0v) is 31.3. The van der Waals surface area contributed by atoms with E-state index < -0.39 is 0 Å². The molecule has 264 valence electrons. The van der Waals surface area contributed by atoms with Gasteiger partial charge in [-0.25, -0.2) is 9.97 Å². The normalized spacial score (nSPS) is 12.2. The third-order valence-corrected chi connectivity index (χ3v) is 13.1. The van der Waals surface area contributed by atoms with Crippen LogP contribution >= 0.6 is 11.3 Å². The highest BCUT2D eigenvalue weighted by molar-refractivity contribution is 7.25. The summed E-state index contributed by atoms with van der Waals surface area (Å²) in [5.74, 6) is 0.652. The van der Waals surface area contributed by atoms with Crippen LogP contribution in [0.2, 0.25) is 0 Å². The maximum atomic E-state index is 5.56. The minimum atomic E-state index is 0.652. The molecule has 13 rings (SSSR count). The van der Waals surface area contributed by atoms with Crippen LogP contribution < -0.4 is 0 Å². The largest absolute Gasteiger partial charge is 0.309 e. The SMILES string of the molecule is c1ccc2c(c1)-c1ccccc1-c1cnc(-n3c4ccccc4c4c5c6ccccc6n(-c6ccc7sc8ccccc8c7c6)c5ccc43)nc1-c1ccccc1-2. The molecule has 0 saturated carbocycles. The predicted molar refractivity (Wildman–Crippen MR) is 239 cm³/mol. The summed E-state index contributed by atoms with van der Waals surface area (Å²) >= 11 is 1.86. The smallest absolute Gasteiger partial charge is 0.235 e. The first kappa shape index (κ1) is 30.9. The Labute approximate surface area is 331 Å². The number of para-hydroxylation sites is 2. The second kappa shape index (κ2) is 11.6. The number of thiophene rings is 1. The summed E-state index contributed by atoms with van der Waals surface area (Å²) < 4.78 is 7.32. The molecule has 1 aliphatic carbocycles. The zero-order chi connectivity index (χ0) is 37.2. The van der Waals surface area contributed by atoms with E-state index in [-0.39, 0.29) is 0 Å². The average Bonchev–Trinajstić information content (AvgIpc) is 3.93. The van der Waals surface area contributed by atoms with E-state index in [4.69, 9.17) is 9.97 Å². The fourth-order valence-electron chi connectivity index (χ4n) is 9.58. The summed E-state index contributed by atoms with van der Waals surface area (Å²) in [5.41, 5.74) is 14.6. The van der Waals surface area contributed by atoms with Gasteiger partial charge in [0.05, 0.1) is 27.8 Å². The van der Waals surface area contributed by atoms with Crippen molar-refractivity contribution in [2.24, 2.45) is 0 Å². The fraction of sp³-hybridized carbons (Fsp3) is 0. The lowest BCUT2D eigenvalue weighted by Gasteiger charge is -2.22. The third-order valence-electron chi connectivity index (χ3n) is 12.0. The van der Waals surface area contributed by atoms with Crippen molar-refractivity contribution in [2.45, 2.75) is 0 Å². The molecule has 4 heterocycles. The molecule has 0 aliphatic heterocycles. The summed E-state index contributed by atoms with van der Waals surface area (Å²) in [6.07, 6.45) is 2.04. The molecule has 0 amide bonds. The molecule has 0 bridgehead atoms. The molecule has 8 aromatic carbocycles. The van der Waals surface area contributed by atoms with E-state index in [1.807, 2.05) is 17.5 Å². The molecule has 1 aliphatic rings. The Bertz CT molecular complexity index is 3650.